The number of amides is 2. The summed E-state index contributed by atoms with van der Waals surface area (Å²) < 4.78 is 33.2. The molecule has 0 aromatic heterocycles. The van der Waals surface area contributed by atoms with Crippen LogP contribution in [0, 0.1) is 17.6 Å². The van der Waals surface area contributed by atoms with Crippen LogP contribution in [0.4, 0.5) is 14.5 Å². The molecular formula is C31H32F2N2O3. The van der Waals surface area contributed by atoms with E-state index in [9.17, 15) is 18.4 Å². The normalized spacial score (nSPS) is 18.1. The van der Waals surface area contributed by atoms with Crippen LogP contribution in [0.2, 0.25) is 0 Å². The molecule has 5 rings (SSSR count). The predicted molar refractivity (Wildman–Crippen MR) is 142 cm³/mol. The second kappa shape index (κ2) is 11.3. The Bertz CT molecular complexity index is 1290. The van der Waals surface area contributed by atoms with Gasteiger partial charge in [0, 0.05) is 18.2 Å². The fourth-order valence-electron chi connectivity index (χ4n) is 5.56. The third-order valence-electron chi connectivity index (χ3n) is 7.57. The second-order valence-corrected chi connectivity index (χ2v) is 10.1. The third-order valence-corrected chi connectivity index (χ3v) is 7.57. The molecule has 0 spiro atoms. The molecule has 1 N–H and O–H groups in total. The number of hydrogen-bond acceptors (Lipinski definition) is 3. The molecule has 0 saturated heterocycles. The predicted octanol–water partition coefficient (Wildman–Crippen LogP) is 6.43. The van der Waals surface area contributed by atoms with Crippen molar-refractivity contribution >= 4 is 17.5 Å². The molecule has 1 saturated carbocycles. The topological polar surface area (TPSA) is 58.6 Å². The number of fused-ring (bicyclic) bond motifs is 1. The van der Waals surface area contributed by atoms with Gasteiger partial charge in [0.25, 0.3) is 5.91 Å². The van der Waals surface area contributed by atoms with Crippen molar-refractivity contribution in [2.45, 2.75) is 57.6 Å². The summed E-state index contributed by atoms with van der Waals surface area (Å²) in [6, 6.07) is 17.3. The monoisotopic (exact) mass is 518 g/mol. The molecule has 2 unspecified atom stereocenters. The number of anilines is 1. The summed E-state index contributed by atoms with van der Waals surface area (Å²) >= 11 is 0. The molecule has 0 bridgehead atoms. The zero-order chi connectivity index (χ0) is 26.6. The van der Waals surface area contributed by atoms with Gasteiger partial charge in [-0.05, 0) is 90.9 Å². The molecule has 3 aromatic rings. The molecule has 0 radical (unpaired) electrons. The number of nitrogens with zero attached hydrogens (tertiary/aromatic N) is 1. The van der Waals surface area contributed by atoms with Gasteiger partial charge in [-0.3, -0.25) is 9.59 Å². The molecule has 5 nitrogen and oxygen atoms in total. The molecule has 3 aromatic carbocycles. The van der Waals surface area contributed by atoms with Gasteiger partial charge in [-0.15, -0.1) is 0 Å². The lowest BCUT2D eigenvalue weighted by atomic mass is 9.87. The Labute approximate surface area is 221 Å². The van der Waals surface area contributed by atoms with Crippen molar-refractivity contribution in [1.29, 1.82) is 0 Å². The Morgan fingerprint density at radius 1 is 0.974 bits per heavy atom. The molecule has 198 valence electrons. The van der Waals surface area contributed by atoms with Crippen molar-refractivity contribution in [3.05, 3.63) is 95.1 Å². The van der Waals surface area contributed by atoms with Gasteiger partial charge in [0.1, 0.15) is 17.4 Å². The second-order valence-electron chi connectivity index (χ2n) is 10.1. The van der Waals surface area contributed by atoms with E-state index >= 15 is 0 Å². The van der Waals surface area contributed by atoms with E-state index < -0.39 is 6.10 Å². The van der Waals surface area contributed by atoms with Crippen LogP contribution in [0.15, 0.2) is 66.7 Å². The number of benzene rings is 3. The van der Waals surface area contributed by atoms with Crippen LogP contribution in [0.5, 0.6) is 5.75 Å². The van der Waals surface area contributed by atoms with Crippen LogP contribution in [-0.2, 0) is 16.0 Å². The molecule has 2 amide bonds. The SMILES string of the molecule is CCC(Oc1ccc2c(c1)C(c1ccc(F)cc1)N(C(=O)C1CCCC1)CC2)C(=O)Nc1ccc(F)cc1. The first-order chi connectivity index (χ1) is 18.4. The molecular weight excluding hydrogens is 486 g/mol. The Morgan fingerprint density at radius 2 is 1.63 bits per heavy atom. The lowest BCUT2D eigenvalue weighted by Gasteiger charge is -2.39. The van der Waals surface area contributed by atoms with Crippen molar-refractivity contribution in [3.63, 3.8) is 0 Å². The summed E-state index contributed by atoms with van der Waals surface area (Å²) in [5.41, 5.74) is 3.37. The molecule has 1 aliphatic heterocycles. The molecule has 1 fully saturated rings. The summed E-state index contributed by atoms with van der Waals surface area (Å²) in [4.78, 5) is 28.4. The van der Waals surface area contributed by atoms with E-state index in [1.54, 1.807) is 12.1 Å². The first-order valence-electron chi connectivity index (χ1n) is 13.3. The fraction of sp³-hybridized carbons (Fsp3) is 0.355. The zero-order valence-corrected chi connectivity index (χ0v) is 21.5. The summed E-state index contributed by atoms with van der Waals surface area (Å²) in [5.74, 6) is -0.334. The van der Waals surface area contributed by atoms with Crippen LogP contribution in [0.1, 0.15) is 61.8 Å². The van der Waals surface area contributed by atoms with Crippen LogP contribution in [0.3, 0.4) is 0 Å². The van der Waals surface area contributed by atoms with E-state index in [0.29, 0.717) is 30.8 Å². The van der Waals surface area contributed by atoms with Crippen molar-refractivity contribution in [3.8, 4) is 5.75 Å². The van der Waals surface area contributed by atoms with Gasteiger partial charge in [0.2, 0.25) is 5.91 Å². The third kappa shape index (κ3) is 5.57. The summed E-state index contributed by atoms with van der Waals surface area (Å²) in [5, 5.41) is 2.78. The van der Waals surface area contributed by atoms with Crippen molar-refractivity contribution in [2.24, 2.45) is 5.92 Å². The number of carbonyl (C=O) groups is 2. The Balaban J connectivity index is 1.42. The van der Waals surface area contributed by atoms with Gasteiger partial charge in [-0.25, -0.2) is 8.78 Å². The standard InChI is InChI=1S/C31H32F2N2O3/c1-2-28(30(36)34-25-14-12-24(33)13-15-25)38-26-16-9-20-17-18-35(31(37)22-5-3-4-6-22)29(27(20)19-26)21-7-10-23(32)11-8-21/h7-16,19,22,28-29H,2-6,17-18H2,1H3,(H,34,36). The van der Waals surface area contributed by atoms with Gasteiger partial charge in [0.05, 0.1) is 6.04 Å². The highest BCUT2D eigenvalue weighted by Crippen LogP contribution is 2.40. The quantitative estimate of drug-likeness (QED) is 0.392. The lowest BCUT2D eigenvalue weighted by Crippen LogP contribution is -2.43. The first kappa shape index (κ1) is 25.9. The maximum Gasteiger partial charge on any atom is 0.265 e. The Morgan fingerprint density at radius 3 is 2.29 bits per heavy atom. The smallest absolute Gasteiger partial charge is 0.265 e. The van der Waals surface area contributed by atoms with Crippen LogP contribution < -0.4 is 10.1 Å². The van der Waals surface area contributed by atoms with Gasteiger partial charge in [-0.2, -0.15) is 0 Å². The number of nitrogens with one attached hydrogen (secondary N) is 1. The number of carbonyl (C=O) groups excluding carboxylic acids is 2. The molecule has 2 aliphatic rings. The maximum atomic E-state index is 13.8. The van der Waals surface area contributed by atoms with E-state index in [2.05, 4.69) is 5.32 Å². The van der Waals surface area contributed by atoms with E-state index in [1.165, 1.54) is 36.4 Å². The highest BCUT2D eigenvalue weighted by molar-refractivity contribution is 5.94. The number of ether oxygens (including phenoxy) is 1. The average molecular weight is 519 g/mol. The number of hydrogen-bond donors (Lipinski definition) is 1. The largest absolute Gasteiger partial charge is 0.481 e. The van der Waals surface area contributed by atoms with E-state index in [1.807, 2.05) is 30.0 Å². The van der Waals surface area contributed by atoms with Crippen LogP contribution >= 0.6 is 0 Å². The van der Waals surface area contributed by atoms with Gasteiger partial charge in [-0.1, -0.05) is 38.0 Å². The number of rotatable bonds is 7. The molecule has 38 heavy (non-hydrogen) atoms. The van der Waals surface area contributed by atoms with Crippen LogP contribution in [-0.4, -0.2) is 29.4 Å². The van der Waals surface area contributed by atoms with Gasteiger partial charge >= 0.3 is 0 Å². The minimum atomic E-state index is -0.762. The molecule has 7 heteroatoms. The Kier molecular flexibility index (Phi) is 7.72. The minimum Gasteiger partial charge on any atom is -0.481 e. The first-order valence-corrected chi connectivity index (χ1v) is 13.3. The molecule has 1 heterocycles. The maximum absolute atomic E-state index is 13.8. The van der Waals surface area contributed by atoms with Crippen LogP contribution in [0.25, 0.3) is 0 Å². The zero-order valence-electron chi connectivity index (χ0n) is 21.5. The minimum absolute atomic E-state index is 0.0264. The fourth-order valence-corrected chi connectivity index (χ4v) is 5.56. The summed E-state index contributed by atoms with van der Waals surface area (Å²) in [7, 11) is 0. The summed E-state index contributed by atoms with van der Waals surface area (Å²) in [6.07, 6.45) is 4.33. The van der Waals surface area contributed by atoms with Crippen molar-refractivity contribution < 1.29 is 23.1 Å². The number of halogens is 2. The van der Waals surface area contributed by atoms with Crippen molar-refractivity contribution in [2.75, 3.05) is 11.9 Å². The average Bonchev–Trinajstić information content (AvgIpc) is 3.47. The van der Waals surface area contributed by atoms with Crippen molar-refractivity contribution in [1.82, 2.24) is 4.90 Å². The Hall–Kier alpha value is -3.74. The van der Waals surface area contributed by atoms with E-state index in [0.717, 1.165) is 42.4 Å². The highest BCUT2D eigenvalue weighted by atomic mass is 19.1. The highest BCUT2D eigenvalue weighted by Gasteiger charge is 2.36. The lowest BCUT2D eigenvalue weighted by molar-refractivity contribution is -0.137. The molecule has 1 aliphatic carbocycles. The molecule has 2 atom stereocenters. The summed E-state index contributed by atoms with van der Waals surface area (Å²) in [6.45, 7) is 2.46. The van der Waals surface area contributed by atoms with E-state index in [-0.39, 0.29) is 35.4 Å². The van der Waals surface area contributed by atoms with Gasteiger partial charge < -0.3 is 15.0 Å². The van der Waals surface area contributed by atoms with Gasteiger partial charge in [0.15, 0.2) is 6.10 Å². The van der Waals surface area contributed by atoms with E-state index in [4.69, 9.17) is 4.74 Å².